The molecule has 50 heavy (non-hydrogen) atoms. The highest BCUT2D eigenvalue weighted by Gasteiger charge is 2.58. The van der Waals surface area contributed by atoms with Gasteiger partial charge in [-0.25, -0.2) is 0 Å². The van der Waals surface area contributed by atoms with E-state index in [9.17, 15) is 20.4 Å². The largest absolute Gasteiger partial charge is 0.504 e. The lowest BCUT2D eigenvalue weighted by molar-refractivity contribution is 0.00311. The predicted octanol–water partition coefficient (Wildman–Crippen LogP) is 7.97. The van der Waals surface area contributed by atoms with Gasteiger partial charge in [-0.2, -0.15) is 0 Å². The molecule has 7 rings (SSSR count). The second-order valence-electron chi connectivity index (χ2n) is 13.3. The number of hydrogen-bond donors (Lipinski definition) is 4. The van der Waals surface area contributed by atoms with Gasteiger partial charge in [0, 0.05) is 5.41 Å². The van der Waals surface area contributed by atoms with E-state index in [1.165, 1.54) is 28.4 Å². The first-order chi connectivity index (χ1) is 24.1. The molecule has 4 aromatic rings. The fourth-order valence-electron chi connectivity index (χ4n) is 8.29. The Kier molecular flexibility index (Phi) is 8.69. The number of ether oxygens (including phenoxy) is 6. The van der Waals surface area contributed by atoms with Crippen LogP contribution < -0.4 is 18.9 Å². The van der Waals surface area contributed by atoms with Crippen molar-refractivity contribution < 1.29 is 48.8 Å². The number of rotatable bonds is 8. The van der Waals surface area contributed by atoms with E-state index in [0.29, 0.717) is 35.8 Å². The van der Waals surface area contributed by atoms with E-state index >= 15 is 0 Å². The van der Waals surface area contributed by atoms with Gasteiger partial charge in [0.2, 0.25) is 0 Å². The molecule has 0 bridgehead atoms. The van der Waals surface area contributed by atoms with E-state index < -0.39 is 23.7 Å². The number of aromatic hydroxyl groups is 4. The molecule has 4 N–H and O–H groups in total. The predicted molar refractivity (Wildman–Crippen MR) is 184 cm³/mol. The summed E-state index contributed by atoms with van der Waals surface area (Å²) in [5.41, 5.74) is 5.22. The van der Waals surface area contributed by atoms with Crippen LogP contribution in [0.3, 0.4) is 0 Å². The van der Waals surface area contributed by atoms with Gasteiger partial charge in [0.05, 0.1) is 40.6 Å². The Bertz CT molecular complexity index is 1950. The lowest BCUT2D eigenvalue weighted by atomic mass is 9.59. The number of phenolic OH excluding ortho intramolecular Hbond substituents is 4. The molecule has 3 aliphatic rings. The lowest BCUT2D eigenvalue weighted by Crippen LogP contribution is -2.34. The zero-order valence-electron chi connectivity index (χ0n) is 28.7. The molecule has 2 aliphatic heterocycles. The minimum Gasteiger partial charge on any atom is -0.504 e. The highest BCUT2D eigenvalue weighted by molar-refractivity contribution is 5.51. The van der Waals surface area contributed by atoms with Crippen molar-refractivity contribution in [3.8, 4) is 46.0 Å². The van der Waals surface area contributed by atoms with Crippen LogP contribution in [-0.4, -0.2) is 48.9 Å². The van der Waals surface area contributed by atoms with Crippen LogP contribution in [0.2, 0.25) is 0 Å². The van der Waals surface area contributed by atoms with E-state index in [1.54, 1.807) is 30.3 Å². The van der Waals surface area contributed by atoms with Crippen LogP contribution in [0, 0.1) is 11.3 Å². The van der Waals surface area contributed by atoms with Crippen molar-refractivity contribution in [2.75, 3.05) is 28.4 Å². The molecule has 1 saturated heterocycles. The maximum atomic E-state index is 10.9. The van der Waals surface area contributed by atoms with Gasteiger partial charge in [0.25, 0.3) is 0 Å². The first-order valence-electron chi connectivity index (χ1n) is 16.6. The van der Waals surface area contributed by atoms with Crippen LogP contribution in [0.1, 0.15) is 72.9 Å². The average Bonchev–Trinajstić information content (AvgIpc) is 3.63. The van der Waals surface area contributed by atoms with Crippen LogP contribution in [0.15, 0.2) is 83.9 Å². The lowest BCUT2D eigenvalue weighted by Gasteiger charge is -2.42. The standard InChI is InChI=1S/C40H42O10/c1-21-36(22-6-10-28(41)33(17-22)46-3)50-39(25-9-13-32(45-2)31(44)16-25)40(21)15-14-26-27(20-40)38(24-8-12-30(43)35(19-24)48-5)49-37(26)23-7-11-29(42)34(18-23)47-4/h6-13,16-19,21,36-39,41-44H,14-15,20H2,1-5H3/t21-,36+,37+,38-,39+,40-/m1/s1. The molecule has 0 unspecified atom stereocenters. The van der Waals surface area contributed by atoms with Crippen molar-refractivity contribution in [2.24, 2.45) is 11.3 Å². The first-order valence-corrected chi connectivity index (χ1v) is 16.6. The first kappa shape index (κ1) is 33.4. The van der Waals surface area contributed by atoms with Crippen molar-refractivity contribution in [1.29, 1.82) is 0 Å². The zero-order chi connectivity index (χ0) is 35.3. The topological polar surface area (TPSA) is 136 Å². The van der Waals surface area contributed by atoms with Crippen molar-refractivity contribution in [1.82, 2.24) is 0 Å². The molecule has 262 valence electrons. The Labute approximate surface area is 291 Å². The van der Waals surface area contributed by atoms with Gasteiger partial charge in [0.1, 0.15) is 12.2 Å². The van der Waals surface area contributed by atoms with E-state index in [-0.39, 0.29) is 35.0 Å². The number of phenols is 4. The van der Waals surface area contributed by atoms with Gasteiger partial charge < -0.3 is 48.8 Å². The van der Waals surface area contributed by atoms with Crippen molar-refractivity contribution in [3.05, 3.63) is 106 Å². The van der Waals surface area contributed by atoms with Gasteiger partial charge in [-0.05, 0) is 107 Å². The molecule has 4 aromatic carbocycles. The van der Waals surface area contributed by atoms with Crippen molar-refractivity contribution in [3.63, 3.8) is 0 Å². The van der Waals surface area contributed by atoms with E-state index in [1.807, 2.05) is 42.5 Å². The number of methoxy groups -OCH3 is 4. The van der Waals surface area contributed by atoms with Gasteiger partial charge in [0.15, 0.2) is 46.0 Å². The minimum absolute atomic E-state index is 0.0251. The van der Waals surface area contributed by atoms with Crippen LogP contribution in [0.5, 0.6) is 46.0 Å². The van der Waals surface area contributed by atoms with E-state index in [2.05, 4.69) is 6.92 Å². The molecule has 1 spiro atoms. The molecule has 0 amide bonds. The third kappa shape index (κ3) is 5.43. The normalized spacial score (nSPS) is 25.8. The Hall–Kier alpha value is -5.06. The van der Waals surface area contributed by atoms with Crippen LogP contribution in [-0.2, 0) is 9.47 Å². The van der Waals surface area contributed by atoms with Gasteiger partial charge in [-0.3, -0.25) is 0 Å². The molecular weight excluding hydrogens is 640 g/mol. The molecular formula is C40H42O10. The van der Waals surface area contributed by atoms with Gasteiger partial charge >= 0.3 is 0 Å². The number of benzene rings is 4. The molecule has 0 aromatic heterocycles. The zero-order valence-corrected chi connectivity index (χ0v) is 28.7. The van der Waals surface area contributed by atoms with Crippen LogP contribution >= 0.6 is 0 Å². The summed E-state index contributed by atoms with van der Waals surface area (Å²) in [6.07, 6.45) is 0.436. The molecule has 10 nitrogen and oxygen atoms in total. The van der Waals surface area contributed by atoms with E-state index in [4.69, 9.17) is 28.4 Å². The number of hydrogen-bond acceptors (Lipinski definition) is 10. The fraction of sp³-hybridized carbons (Fsp3) is 0.350. The van der Waals surface area contributed by atoms with Gasteiger partial charge in [-0.1, -0.05) is 31.2 Å². The fourth-order valence-corrected chi connectivity index (χ4v) is 8.29. The maximum absolute atomic E-state index is 10.9. The van der Waals surface area contributed by atoms with Crippen LogP contribution in [0.25, 0.3) is 0 Å². The highest BCUT2D eigenvalue weighted by Crippen LogP contribution is 2.67. The molecule has 0 radical (unpaired) electrons. The molecule has 1 aliphatic carbocycles. The Morgan fingerprint density at radius 2 is 1.06 bits per heavy atom. The smallest absolute Gasteiger partial charge is 0.160 e. The summed E-state index contributed by atoms with van der Waals surface area (Å²) in [5.74, 6) is 1.58. The van der Waals surface area contributed by atoms with E-state index in [0.717, 1.165) is 39.8 Å². The van der Waals surface area contributed by atoms with Crippen molar-refractivity contribution in [2.45, 2.75) is 50.6 Å². The summed E-state index contributed by atoms with van der Waals surface area (Å²) in [6.45, 7) is 2.20. The average molecular weight is 683 g/mol. The van der Waals surface area contributed by atoms with Gasteiger partial charge in [-0.15, -0.1) is 0 Å². The molecule has 10 heteroatoms. The summed E-state index contributed by atoms with van der Waals surface area (Å²) >= 11 is 0. The summed E-state index contributed by atoms with van der Waals surface area (Å²) < 4.78 is 35.8. The van der Waals surface area contributed by atoms with Crippen molar-refractivity contribution >= 4 is 0 Å². The molecule has 0 saturated carbocycles. The summed E-state index contributed by atoms with van der Waals surface area (Å²) in [6, 6.07) is 21.3. The molecule has 2 heterocycles. The summed E-state index contributed by atoms with van der Waals surface area (Å²) in [5, 5.41) is 42.1. The third-order valence-electron chi connectivity index (χ3n) is 10.9. The SMILES string of the molecule is COc1ccc([C@@H]2O[C@H](c3ccc(O)c(OC)c3)[C@@H](C)[C@]23CCC2=C(C3)[C@@H](c3ccc(O)c(OC)c3)O[C@H]2c2ccc(O)c(OC)c2)cc1O. The Balaban J connectivity index is 1.37. The third-order valence-corrected chi connectivity index (χ3v) is 10.9. The summed E-state index contributed by atoms with van der Waals surface area (Å²) in [4.78, 5) is 0. The quantitative estimate of drug-likeness (QED) is 0.136. The second-order valence-corrected chi connectivity index (χ2v) is 13.3. The van der Waals surface area contributed by atoms with Crippen LogP contribution in [0.4, 0.5) is 0 Å². The Morgan fingerprint density at radius 1 is 0.560 bits per heavy atom. The monoisotopic (exact) mass is 682 g/mol. The summed E-state index contributed by atoms with van der Waals surface area (Å²) in [7, 11) is 6.08. The Morgan fingerprint density at radius 3 is 1.60 bits per heavy atom. The molecule has 1 fully saturated rings. The molecule has 6 atom stereocenters. The second kappa shape index (κ2) is 13.0. The highest BCUT2D eigenvalue weighted by atomic mass is 16.5. The maximum Gasteiger partial charge on any atom is 0.160 e. The minimum atomic E-state index is -0.466.